The third-order valence-corrected chi connectivity index (χ3v) is 4.28. The van der Waals surface area contributed by atoms with Gasteiger partial charge in [0.25, 0.3) is 0 Å². The molecule has 2 heterocycles. The van der Waals surface area contributed by atoms with Crippen molar-refractivity contribution in [3.63, 3.8) is 0 Å². The lowest BCUT2D eigenvalue weighted by Crippen LogP contribution is -2.44. The number of anilines is 1. The summed E-state index contributed by atoms with van der Waals surface area (Å²) < 4.78 is 0. The number of hydrogen-bond donors (Lipinski definition) is 2. The minimum Gasteiger partial charge on any atom is -0.481 e. The van der Waals surface area contributed by atoms with Gasteiger partial charge in [0.05, 0.1) is 5.92 Å². The number of aliphatic carboxylic acids is 1. The van der Waals surface area contributed by atoms with Gasteiger partial charge in [-0.1, -0.05) is 13.8 Å². The fourth-order valence-corrected chi connectivity index (χ4v) is 3.05. The number of hydrogen-bond acceptors (Lipinski definition) is 4. The van der Waals surface area contributed by atoms with Crippen LogP contribution in [0.25, 0.3) is 0 Å². The first-order valence-electron chi connectivity index (χ1n) is 8.17. The number of carbonyl (C=O) groups is 1. The fraction of sp³-hybridized carbons (Fsp3) is 0.647. The topological polar surface area (TPSA) is 65.5 Å². The van der Waals surface area contributed by atoms with Crippen LogP contribution in [-0.2, 0) is 4.79 Å². The van der Waals surface area contributed by atoms with Crippen molar-refractivity contribution in [3.05, 3.63) is 24.5 Å². The Morgan fingerprint density at radius 3 is 2.55 bits per heavy atom. The summed E-state index contributed by atoms with van der Waals surface area (Å²) >= 11 is 0. The van der Waals surface area contributed by atoms with Crippen molar-refractivity contribution in [2.45, 2.75) is 39.2 Å². The third-order valence-electron chi connectivity index (χ3n) is 4.28. The van der Waals surface area contributed by atoms with E-state index >= 15 is 0 Å². The SMILES string of the molecule is CC(C)CC(CNC1CCN(c2ccncc2)CC1)C(=O)O. The largest absolute Gasteiger partial charge is 0.481 e. The molecule has 0 aromatic carbocycles. The van der Waals surface area contributed by atoms with Gasteiger partial charge >= 0.3 is 5.97 Å². The summed E-state index contributed by atoms with van der Waals surface area (Å²) in [7, 11) is 0. The van der Waals surface area contributed by atoms with Crippen molar-refractivity contribution < 1.29 is 9.90 Å². The maximum Gasteiger partial charge on any atom is 0.307 e. The molecule has 1 aromatic heterocycles. The Hall–Kier alpha value is -1.62. The molecule has 2 rings (SSSR count). The summed E-state index contributed by atoms with van der Waals surface area (Å²) in [6.45, 7) is 6.73. The van der Waals surface area contributed by atoms with E-state index in [0.29, 0.717) is 18.5 Å². The number of nitrogens with one attached hydrogen (secondary N) is 1. The van der Waals surface area contributed by atoms with Crippen LogP contribution in [-0.4, -0.2) is 41.7 Å². The van der Waals surface area contributed by atoms with Crippen molar-refractivity contribution in [2.24, 2.45) is 11.8 Å². The molecule has 0 radical (unpaired) electrons. The summed E-state index contributed by atoms with van der Waals surface area (Å²) in [6, 6.07) is 4.50. The van der Waals surface area contributed by atoms with E-state index in [4.69, 9.17) is 0 Å². The predicted octanol–water partition coefficient (Wildman–Crippen LogP) is 2.39. The molecule has 1 aliphatic rings. The second kappa shape index (κ2) is 8.13. The Morgan fingerprint density at radius 1 is 1.36 bits per heavy atom. The Morgan fingerprint density at radius 2 is 2.00 bits per heavy atom. The van der Waals surface area contributed by atoms with Gasteiger partial charge in [-0.3, -0.25) is 9.78 Å². The van der Waals surface area contributed by atoms with E-state index in [9.17, 15) is 9.90 Å². The van der Waals surface area contributed by atoms with Crippen molar-refractivity contribution in [1.29, 1.82) is 0 Å². The maximum absolute atomic E-state index is 11.3. The number of nitrogens with zero attached hydrogens (tertiary/aromatic N) is 2. The number of pyridine rings is 1. The normalized spacial score (nSPS) is 17.7. The number of piperidine rings is 1. The van der Waals surface area contributed by atoms with Gasteiger partial charge in [-0.05, 0) is 37.3 Å². The van der Waals surface area contributed by atoms with Crippen LogP contribution < -0.4 is 10.2 Å². The summed E-state index contributed by atoms with van der Waals surface area (Å²) in [6.07, 6.45) is 6.48. The summed E-state index contributed by atoms with van der Waals surface area (Å²) in [4.78, 5) is 17.7. The summed E-state index contributed by atoms with van der Waals surface area (Å²) in [5, 5.41) is 12.7. The van der Waals surface area contributed by atoms with Gasteiger partial charge in [-0.15, -0.1) is 0 Å². The Labute approximate surface area is 132 Å². The molecule has 1 saturated heterocycles. The molecular weight excluding hydrogens is 278 g/mol. The molecule has 0 aliphatic carbocycles. The van der Waals surface area contributed by atoms with E-state index in [0.717, 1.165) is 32.4 Å². The van der Waals surface area contributed by atoms with Crippen molar-refractivity contribution >= 4 is 11.7 Å². The lowest BCUT2D eigenvalue weighted by atomic mass is 9.96. The van der Waals surface area contributed by atoms with Gasteiger partial charge in [0.2, 0.25) is 0 Å². The van der Waals surface area contributed by atoms with Crippen LogP contribution in [0.3, 0.4) is 0 Å². The highest BCUT2D eigenvalue weighted by atomic mass is 16.4. The van der Waals surface area contributed by atoms with Crippen LogP contribution in [0.1, 0.15) is 33.1 Å². The molecule has 0 bridgehead atoms. The van der Waals surface area contributed by atoms with E-state index in [1.807, 2.05) is 24.5 Å². The highest BCUT2D eigenvalue weighted by Gasteiger charge is 2.23. The number of carboxylic acid groups (broad SMARTS) is 1. The van der Waals surface area contributed by atoms with Crippen LogP contribution in [0.15, 0.2) is 24.5 Å². The summed E-state index contributed by atoms with van der Waals surface area (Å²) in [5.41, 5.74) is 1.22. The molecule has 5 nitrogen and oxygen atoms in total. The molecule has 0 amide bonds. The van der Waals surface area contributed by atoms with Gasteiger partial charge < -0.3 is 15.3 Å². The van der Waals surface area contributed by atoms with Gasteiger partial charge in [-0.2, -0.15) is 0 Å². The summed E-state index contributed by atoms with van der Waals surface area (Å²) in [5.74, 6) is -0.551. The van der Waals surface area contributed by atoms with Crippen molar-refractivity contribution in [2.75, 3.05) is 24.5 Å². The first-order valence-corrected chi connectivity index (χ1v) is 8.17. The molecule has 1 aromatic rings. The van der Waals surface area contributed by atoms with Crippen LogP contribution >= 0.6 is 0 Å². The lowest BCUT2D eigenvalue weighted by Gasteiger charge is -2.34. The minimum absolute atomic E-state index is 0.279. The van der Waals surface area contributed by atoms with Gasteiger partial charge in [0, 0.05) is 43.8 Å². The van der Waals surface area contributed by atoms with Crippen molar-refractivity contribution in [1.82, 2.24) is 10.3 Å². The van der Waals surface area contributed by atoms with E-state index in [2.05, 4.69) is 29.0 Å². The molecule has 0 spiro atoms. The van der Waals surface area contributed by atoms with E-state index in [1.165, 1.54) is 5.69 Å². The minimum atomic E-state index is -0.685. The van der Waals surface area contributed by atoms with Crippen molar-refractivity contribution in [3.8, 4) is 0 Å². The first-order chi connectivity index (χ1) is 10.6. The molecule has 1 atom stereocenters. The van der Waals surface area contributed by atoms with Gasteiger partial charge in [0.1, 0.15) is 0 Å². The quantitative estimate of drug-likeness (QED) is 0.810. The molecule has 1 aliphatic heterocycles. The highest BCUT2D eigenvalue weighted by molar-refractivity contribution is 5.70. The monoisotopic (exact) mass is 305 g/mol. The Bertz CT molecular complexity index is 456. The standard InChI is InChI=1S/C17H27N3O2/c1-13(2)11-14(17(21)22)12-19-15-5-9-20(10-6-15)16-3-7-18-8-4-16/h3-4,7-8,13-15,19H,5-6,9-12H2,1-2H3,(H,21,22). The zero-order valence-electron chi connectivity index (χ0n) is 13.5. The molecule has 1 unspecified atom stereocenters. The van der Waals surface area contributed by atoms with E-state index in [1.54, 1.807) is 0 Å². The number of rotatable bonds is 7. The first kappa shape index (κ1) is 16.7. The molecular formula is C17H27N3O2. The zero-order chi connectivity index (χ0) is 15.9. The second-order valence-corrected chi connectivity index (χ2v) is 6.54. The zero-order valence-corrected chi connectivity index (χ0v) is 13.5. The highest BCUT2D eigenvalue weighted by Crippen LogP contribution is 2.19. The Balaban J connectivity index is 1.76. The molecule has 0 saturated carbocycles. The van der Waals surface area contributed by atoms with Crippen LogP contribution in [0.2, 0.25) is 0 Å². The van der Waals surface area contributed by atoms with E-state index in [-0.39, 0.29) is 5.92 Å². The van der Waals surface area contributed by atoms with Crippen LogP contribution in [0, 0.1) is 11.8 Å². The molecule has 122 valence electrons. The molecule has 1 fully saturated rings. The van der Waals surface area contributed by atoms with Crippen LogP contribution in [0.5, 0.6) is 0 Å². The van der Waals surface area contributed by atoms with Crippen LogP contribution in [0.4, 0.5) is 5.69 Å². The molecule has 22 heavy (non-hydrogen) atoms. The average Bonchev–Trinajstić information content (AvgIpc) is 2.52. The second-order valence-electron chi connectivity index (χ2n) is 6.54. The predicted molar refractivity (Wildman–Crippen MR) is 88.1 cm³/mol. The maximum atomic E-state index is 11.3. The molecule has 5 heteroatoms. The van der Waals surface area contributed by atoms with Gasteiger partial charge in [0.15, 0.2) is 0 Å². The average molecular weight is 305 g/mol. The third kappa shape index (κ3) is 4.98. The Kier molecular flexibility index (Phi) is 6.19. The number of aromatic nitrogens is 1. The lowest BCUT2D eigenvalue weighted by molar-refractivity contribution is -0.142. The number of carboxylic acids is 1. The van der Waals surface area contributed by atoms with Gasteiger partial charge in [-0.25, -0.2) is 0 Å². The fourth-order valence-electron chi connectivity index (χ4n) is 3.05. The molecule has 2 N–H and O–H groups in total. The van der Waals surface area contributed by atoms with E-state index < -0.39 is 5.97 Å². The smallest absolute Gasteiger partial charge is 0.307 e.